The van der Waals surface area contributed by atoms with Crippen molar-refractivity contribution in [1.29, 1.82) is 0 Å². The molecule has 2 rings (SSSR count). The van der Waals surface area contributed by atoms with Crippen molar-refractivity contribution >= 4 is 33.4 Å². The maximum atomic E-state index is 12.4. The fourth-order valence-electron chi connectivity index (χ4n) is 2.78. The van der Waals surface area contributed by atoms with E-state index in [0.717, 1.165) is 4.47 Å². The normalized spacial score (nSPS) is 11.7. The SMILES string of the molecule is CC(C)(C)c1ccc(OCCCC(=O)Nc2ccccc2CNC(=O)C(F)(F)F)c(Br)c1. The highest BCUT2D eigenvalue weighted by Gasteiger charge is 2.38. The van der Waals surface area contributed by atoms with Crippen LogP contribution in [0.4, 0.5) is 18.9 Å². The molecule has 0 unspecified atom stereocenters. The second kappa shape index (κ2) is 10.8. The Labute approximate surface area is 193 Å². The molecule has 0 aliphatic heterocycles. The molecule has 0 radical (unpaired) electrons. The highest BCUT2D eigenvalue weighted by Crippen LogP contribution is 2.31. The molecule has 0 heterocycles. The number of amides is 2. The van der Waals surface area contributed by atoms with Gasteiger partial charge >= 0.3 is 12.1 Å². The van der Waals surface area contributed by atoms with E-state index in [9.17, 15) is 22.8 Å². The first-order valence-corrected chi connectivity index (χ1v) is 10.8. The number of carbonyl (C=O) groups is 2. The fraction of sp³-hybridized carbons (Fsp3) is 0.391. The number of rotatable bonds is 8. The van der Waals surface area contributed by atoms with Gasteiger partial charge in [0.2, 0.25) is 5.91 Å². The van der Waals surface area contributed by atoms with Gasteiger partial charge in [0, 0.05) is 18.7 Å². The lowest BCUT2D eigenvalue weighted by molar-refractivity contribution is -0.173. The molecule has 2 N–H and O–H groups in total. The standard InChI is InChI=1S/C23H26BrF3N2O3/c1-22(2,3)16-10-11-19(17(24)13-16)32-12-6-9-20(30)29-18-8-5-4-7-15(18)14-28-21(31)23(25,26)27/h4-5,7-8,10-11,13H,6,9,12,14H2,1-3H3,(H,28,31)(H,29,30). The smallest absolute Gasteiger partial charge is 0.471 e. The van der Waals surface area contributed by atoms with E-state index in [4.69, 9.17) is 4.74 Å². The van der Waals surface area contributed by atoms with Crippen LogP contribution in [0, 0.1) is 0 Å². The molecule has 0 saturated carbocycles. The number of para-hydroxylation sites is 1. The van der Waals surface area contributed by atoms with Crippen LogP contribution in [0.3, 0.4) is 0 Å². The van der Waals surface area contributed by atoms with Crippen molar-refractivity contribution in [2.45, 2.75) is 51.7 Å². The van der Waals surface area contributed by atoms with Crippen LogP contribution >= 0.6 is 15.9 Å². The summed E-state index contributed by atoms with van der Waals surface area (Å²) in [6.07, 6.45) is -4.34. The van der Waals surface area contributed by atoms with E-state index in [1.807, 2.05) is 18.2 Å². The van der Waals surface area contributed by atoms with E-state index < -0.39 is 12.1 Å². The summed E-state index contributed by atoms with van der Waals surface area (Å²) in [6, 6.07) is 12.3. The number of hydrogen-bond donors (Lipinski definition) is 2. The first-order chi connectivity index (χ1) is 14.9. The summed E-state index contributed by atoms with van der Waals surface area (Å²) in [5.74, 6) is -1.65. The van der Waals surface area contributed by atoms with Crippen LogP contribution in [0.15, 0.2) is 46.9 Å². The van der Waals surface area contributed by atoms with Crippen LogP contribution in [0.2, 0.25) is 0 Å². The number of benzene rings is 2. The Hall–Kier alpha value is -2.55. The lowest BCUT2D eigenvalue weighted by Crippen LogP contribution is -2.36. The fourth-order valence-corrected chi connectivity index (χ4v) is 3.28. The third-order valence-corrected chi connectivity index (χ3v) is 5.21. The highest BCUT2D eigenvalue weighted by molar-refractivity contribution is 9.10. The Morgan fingerprint density at radius 2 is 1.75 bits per heavy atom. The van der Waals surface area contributed by atoms with E-state index in [0.29, 0.717) is 30.0 Å². The van der Waals surface area contributed by atoms with Crippen LogP contribution in [0.25, 0.3) is 0 Å². The molecule has 2 aromatic rings. The van der Waals surface area contributed by atoms with Crippen LogP contribution in [0.1, 0.15) is 44.7 Å². The number of anilines is 1. The Kier molecular flexibility index (Phi) is 8.72. The quantitative estimate of drug-likeness (QED) is 0.442. The molecule has 2 aromatic carbocycles. The highest BCUT2D eigenvalue weighted by atomic mass is 79.9. The van der Waals surface area contributed by atoms with Gasteiger partial charge in [0.25, 0.3) is 0 Å². The molecule has 0 bridgehead atoms. The molecule has 2 amide bonds. The largest absolute Gasteiger partial charge is 0.492 e. The predicted molar refractivity (Wildman–Crippen MR) is 121 cm³/mol. The average Bonchev–Trinajstić information content (AvgIpc) is 2.69. The number of alkyl halides is 3. The molecule has 0 fully saturated rings. The third-order valence-electron chi connectivity index (χ3n) is 4.59. The maximum absolute atomic E-state index is 12.4. The van der Waals surface area contributed by atoms with Crippen molar-refractivity contribution < 1.29 is 27.5 Å². The molecular formula is C23H26BrF3N2O3. The molecular weight excluding hydrogens is 489 g/mol. The van der Waals surface area contributed by atoms with Crippen LogP contribution < -0.4 is 15.4 Å². The number of hydrogen-bond acceptors (Lipinski definition) is 3. The minimum atomic E-state index is -4.96. The Bertz CT molecular complexity index is 956. The zero-order chi connectivity index (χ0) is 23.9. The van der Waals surface area contributed by atoms with Gasteiger partial charge in [0.05, 0.1) is 11.1 Å². The molecule has 0 saturated heterocycles. The molecule has 9 heteroatoms. The summed E-state index contributed by atoms with van der Waals surface area (Å²) in [7, 11) is 0. The zero-order valence-electron chi connectivity index (χ0n) is 18.1. The predicted octanol–water partition coefficient (Wildman–Crippen LogP) is 5.72. The van der Waals surface area contributed by atoms with Crippen molar-refractivity contribution in [1.82, 2.24) is 5.32 Å². The Balaban J connectivity index is 1.83. The topological polar surface area (TPSA) is 67.4 Å². The number of nitrogens with one attached hydrogen (secondary N) is 2. The van der Waals surface area contributed by atoms with Crippen molar-refractivity contribution in [2.24, 2.45) is 0 Å². The van der Waals surface area contributed by atoms with Gasteiger partial charge in [0.1, 0.15) is 5.75 Å². The van der Waals surface area contributed by atoms with Gasteiger partial charge in [-0.25, -0.2) is 0 Å². The van der Waals surface area contributed by atoms with E-state index in [-0.39, 0.29) is 24.3 Å². The molecule has 0 aliphatic rings. The minimum absolute atomic E-state index is 0.0188. The number of halogens is 4. The van der Waals surface area contributed by atoms with Gasteiger partial charge < -0.3 is 15.4 Å². The molecule has 0 aliphatic carbocycles. The van der Waals surface area contributed by atoms with Gasteiger partial charge in [-0.05, 0) is 57.1 Å². The lowest BCUT2D eigenvalue weighted by atomic mass is 9.87. The summed E-state index contributed by atoms with van der Waals surface area (Å²) in [4.78, 5) is 23.3. The van der Waals surface area contributed by atoms with Gasteiger partial charge in [-0.3, -0.25) is 9.59 Å². The summed E-state index contributed by atoms with van der Waals surface area (Å²) in [5, 5.41) is 4.47. The summed E-state index contributed by atoms with van der Waals surface area (Å²) < 4.78 is 43.7. The van der Waals surface area contributed by atoms with Crippen molar-refractivity contribution in [3.8, 4) is 5.75 Å². The molecule has 0 aromatic heterocycles. The van der Waals surface area contributed by atoms with Crippen LogP contribution in [-0.2, 0) is 21.5 Å². The zero-order valence-corrected chi connectivity index (χ0v) is 19.7. The molecule has 0 spiro atoms. The average molecular weight is 515 g/mol. The third kappa shape index (κ3) is 7.85. The second-order valence-corrected chi connectivity index (χ2v) is 9.09. The summed E-state index contributed by atoms with van der Waals surface area (Å²) >= 11 is 3.51. The van der Waals surface area contributed by atoms with E-state index in [1.165, 1.54) is 11.6 Å². The minimum Gasteiger partial charge on any atom is -0.492 e. The van der Waals surface area contributed by atoms with Crippen LogP contribution in [-0.4, -0.2) is 24.6 Å². The Morgan fingerprint density at radius 1 is 1.06 bits per heavy atom. The first kappa shape index (κ1) is 25.7. The van der Waals surface area contributed by atoms with E-state index in [2.05, 4.69) is 42.0 Å². The van der Waals surface area contributed by atoms with Crippen molar-refractivity contribution in [2.75, 3.05) is 11.9 Å². The molecule has 0 atom stereocenters. The van der Waals surface area contributed by atoms with E-state index >= 15 is 0 Å². The van der Waals surface area contributed by atoms with Gasteiger partial charge in [-0.1, -0.05) is 45.0 Å². The maximum Gasteiger partial charge on any atom is 0.471 e. The lowest BCUT2D eigenvalue weighted by Gasteiger charge is -2.20. The van der Waals surface area contributed by atoms with Crippen molar-refractivity contribution in [3.63, 3.8) is 0 Å². The molecule has 32 heavy (non-hydrogen) atoms. The second-order valence-electron chi connectivity index (χ2n) is 8.23. The summed E-state index contributed by atoms with van der Waals surface area (Å²) in [5.41, 5.74) is 1.91. The van der Waals surface area contributed by atoms with Crippen LogP contribution in [0.5, 0.6) is 5.75 Å². The Morgan fingerprint density at radius 3 is 2.38 bits per heavy atom. The number of ether oxygens (including phenoxy) is 1. The van der Waals surface area contributed by atoms with Gasteiger partial charge in [0.15, 0.2) is 0 Å². The molecule has 5 nitrogen and oxygen atoms in total. The first-order valence-electron chi connectivity index (χ1n) is 10.0. The van der Waals surface area contributed by atoms with E-state index in [1.54, 1.807) is 23.5 Å². The summed E-state index contributed by atoms with van der Waals surface area (Å²) in [6.45, 7) is 6.34. The van der Waals surface area contributed by atoms with Gasteiger partial charge in [-0.2, -0.15) is 13.2 Å². The van der Waals surface area contributed by atoms with Gasteiger partial charge in [-0.15, -0.1) is 0 Å². The van der Waals surface area contributed by atoms with Crippen molar-refractivity contribution in [3.05, 3.63) is 58.1 Å². The molecule has 174 valence electrons. The monoisotopic (exact) mass is 514 g/mol. The number of carbonyl (C=O) groups excluding carboxylic acids is 2.